The highest BCUT2D eigenvalue weighted by molar-refractivity contribution is 7.11. The van der Waals surface area contributed by atoms with Crippen molar-refractivity contribution in [2.24, 2.45) is 5.73 Å². The van der Waals surface area contributed by atoms with Crippen LogP contribution in [0.1, 0.15) is 27.9 Å². The van der Waals surface area contributed by atoms with Gasteiger partial charge in [-0.05, 0) is 30.1 Å². The number of alkyl halides is 1. The minimum Gasteiger partial charge on any atom is -0.493 e. The number of nitrogens with two attached hydrogens (primary N) is 1. The predicted molar refractivity (Wildman–Crippen MR) is 114 cm³/mol. The normalized spacial score (nSPS) is 17.6. The molecule has 4 N–H and O–H groups in total. The molecule has 0 aliphatic carbocycles. The fourth-order valence-electron chi connectivity index (χ4n) is 3.63. The van der Waals surface area contributed by atoms with E-state index in [2.05, 4.69) is 15.0 Å². The highest BCUT2D eigenvalue weighted by Gasteiger charge is 2.24. The number of benzene rings is 1. The van der Waals surface area contributed by atoms with Gasteiger partial charge in [0.2, 0.25) is 5.88 Å². The molecule has 1 aromatic heterocycles. The average molecular weight is 467 g/mol. The van der Waals surface area contributed by atoms with Crippen molar-refractivity contribution in [2.75, 3.05) is 38.1 Å². The first kappa shape index (κ1) is 22.2. The van der Waals surface area contributed by atoms with Crippen molar-refractivity contribution in [3.05, 3.63) is 34.6 Å². The molecule has 2 aliphatic heterocycles. The molecule has 1 aromatic carbocycles. The molecule has 3 heterocycles. The lowest BCUT2D eigenvalue weighted by molar-refractivity contribution is 0.0996. The van der Waals surface area contributed by atoms with Crippen LogP contribution < -0.4 is 25.8 Å². The summed E-state index contributed by atoms with van der Waals surface area (Å²) >= 11 is 0.825. The number of nitrogens with one attached hydrogen (secondary N) is 2. The number of halogens is 2. The van der Waals surface area contributed by atoms with E-state index >= 15 is 0 Å². The first-order chi connectivity index (χ1) is 15.4. The van der Waals surface area contributed by atoms with Gasteiger partial charge < -0.3 is 20.5 Å². The summed E-state index contributed by atoms with van der Waals surface area (Å²) in [5, 5.41) is 5.29. The highest BCUT2D eigenvalue weighted by Crippen LogP contribution is 2.32. The number of hydrogen-bond donors (Lipinski definition) is 3. The molecule has 4 rings (SSSR count). The van der Waals surface area contributed by atoms with Gasteiger partial charge in [0.05, 0.1) is 6.61 Å². The van der Waals surface area contributed by atoms with Crippen molar-refractivity contribution in [1.82, 2.24) is 14.6 Å². The maximum absolute atomic E-state index is 14.3. The van der Waals surface area contributed by atoms with E-state index in [-0.39, 0.29) is 28.6 Å². The lowest BCUT2D eigenvalue weighted by atomic mass is 10.1. The number of amides is 3. The van der Waals surface area contributed by atoms with Crippen LogP contribution in [0.3, 0.4) is 0 Å². The van der Waals surface area contributed by atoms with Crippen LogP contribution in [0.4, 0.5) is 18.6 Å². The molecule has 2 aliphatic rings. The van der Waals surface area contributed by atoms with Crippen LogP contribution in [0.5, 0.6) is 11.6 Å². The molecule has 2 aromatic rings. The Morgan fingerprint density at radius 2 is 2.25 bits per heavy atom. The first-order valence-electron chi connectivity index (χ1n) is 10.2. The second-order valence-corrected chi connectivity index (χ2v) is 8.34. The van der Waals surface area contributed by atoms with Crippen molar-refractivity contribution in [2.45, 2.75) is 25.6 Å². The molecule has 9 nitrogen and oxygen atoms in total. The molecule has 1 saturated heterocycles. The predicted octanol–water partition coefficient (Wildman–Crippen LogP) is 2.06. The summed E-state index contributed by atoms with van der Waals surface area (Å²) in [7, 11) is 0. The van der Waals surface area contributed by atoms with Crippen molar-refractivity contribution < 1.29 is 27.8 Å². The number of hydrogen-bond acceptors (Lipinski definition) is 7. The number of carbonyl (C=O) groups is 2. The van der Waals surface area contributed by atoms with Crippen LogP contribution in [0.25, 0.3) is 0 Å². The molecule has 0 saturated carbocycles. The summed E-state index contributed by atoms with van der Waals surface area (Å²) in [5.74, 6) is -0.772. The summed E-state index contributed by atoms with van der Waals surface area (Å²) in [6, 6.07) is 2.41. The minimum absolute atomic E-state index is 0.0929. The fraction of sp³-hybridized carbons (Fsp3) is 0.450. The molecular weight excluding hydrogens is 444 g/mol. The van der Waals surface area contributed by atoms with E-state index in [4.69, 9.17) is 15.2 Å². The topological polar surface area (TPSA) is 119 Å². The van der Waals surface area contributed by atoms with Gasteiger partial charge in [0.1, 0.15) is 34.9 Å². The van der Waals surface area contributed by atoms with Gasteiger partial charge in [-0.15, -0.1) is 0 Å². The Morgan fingerprint density at radius 1 is 1.41 bits per heavy atom. The van der Waals surface area contributed by atoms with Gasteiger partial charge in [0.25, 0.3) is 5.91 Å². The third kappa shape index (κ3) is 5.07. The van der Waals surface area contributed by atoms with E-state index in [0.717, 1.165) is 17.1 Å². The van der Waals surface area contributed by atoms with E-state index in [1.54, 1.807) is 6.07 Å². The van der Waals surface area contributed by atoms with Crippen LogP contribution in [-0.4, -0.2) is 60.2 Å². The van der Waals surface area contributed by atoms with Gasteiger partial charge in [-0.1, -0.05) is 0 Å². The summed E-state index contributed by atoms with van der Waals surface area (Å²) in [5.41, 5.74) is 6.39. The van der Waals surface area contributed by atoms with Gasteiger partial charge in [-0.25, -0.2) is 13.6 Å². The zero-order chi connectivity index (χ0) is 22.7. The van der Waals surface area contributed by atoms with E-state index in [9.17, 15) is 18.4 Å². The molecule has 12 heteroatoms. The number of aromatic nitrogens is 1. The molecule has 0 spiro atoms. The molecule has 0 radical (unpaired) electrons. The second kappa shape index (κ2) is 9.65. The third-order valence-electron chi connectivity index (χ3n) is 5.29. The molecule has 3 amide bonds. The molecular formula is C20H23F2N5O4S. The Morgan fingerprint density at radius 3 is 3.00 bits per heavy atom. The number of carbonyl (C=O) groups excluding carboxylic acids is 2. The van der Waals surface area contributed by atoms with Crippen molar-refractivity contribution >= 4 is 28.5 Å². The molecule has 172 valence electrons. The van der Waals surface area contributed by atoms with Crippen molar-refractivity contribution in [3.8, 4) is 11.6 Å². The smallest absolute Gasteiger partial charge is 0.319 e. The monoisotopic (exact) mass is 467 g/mol. The van der Waals surface area contributed by atoms with Gasteiger partial charge in [0, 0.05) is 43.7 Å². The van der Waals surface area contributed by atoms with Crippen LogP contribution in [0.15, 0.2) is 12.1 Å². The van der Waals surface area contributed by atoms with Gasteiger partial charge in [-0.2, -0.15) is 4.37 Å². The van der Waals surface area contributed by atoms with Crippen LogP contribution in [0.2, 0.25) is 0 Å². The Labute approximate surface area is 187 Å². The van der Waals surface area contributed by atoms with Gasteiger partial charge in [0.15, 0.2) is 0 Å². The second-order valence-electron chi connectivity index (χ2n) is 7.56. The van der Waals surface area contributed by atoms with E-state index in [0.29, 0.717) is 51.4 Å². The fourth-order valence-corrected chi connectivity index (χ4v) is 4.37. The largest absolute Gasteiger partial charge is 0.493 e. The van der Waals surface area contributed by atoms with Crippen LogP contribution >= 0.6 is 11.5 Å². The lowest BCUT2D eigenvalue weighted by Gasteiger charge is -2.14. The number of likely N-dealkylation sites (tertiary alicyclic amines) is 1. The van der Waals surface area contributed by atoms with Crippen molar-refractivity contribution in [1.29, 1.82) is 0 Å². The number of nitrogens with zero attached hydrogens (tertiary/aromatic N) is 2. The summed E-state index contributed by atoms with van der Waals surface area (Å²) in [6.07, 6.45) is 0.326. The maximum Gasteiger partial charge on any atom is 0.319 e. The highest BCUT2D eigenvalue weighted by atomic mass is 32.1. The Balaban J connectivity index is 1.35. The average Bonchev–Trinajstić information content (AvgIpc) is 3.46. The summed E-state index contributed by atoms with van der Waals surface area (Å²) in [4.78, 5) is 26.0. The first-order valence-corrected chi connectivity index (χ1v) is 11.0. The Bertz CT molecular complexity index is 1020. The van der Waals surface area contributed by atoms with Crippen LogP contribution in [0, 0.1) is 5.82 Å². The number of fused-ring (bicyclic) bond motifs is 1. The molecule has 1 fully saturated rings. The number of ether oxygens (including phenoxy) is 2. The van der Waals surface area contributed by atoms with E-state index in [1.807, 2.05) is 4.90 Å². The number of anilines is 1. The standard InChI is InChI=1S/C20H23F2N5O4S/c21-13-1-4-27(9-13)5-3-24-20(29)25-19-16(17(23)28)18(26-32-19)31-10-12-8-15-11(2-6-30-15)7-14(12)22/h7-8,13H,1-6,9-10H2,(H2,23,28)(H2,24,25,29)/t13-/m1/s1. The maximum atomic E-state index is 14.3. The van der Waals surface area contributed by atoms with Crippen LogP contribution in [-0.2, 0) is 13.0 Å². The lowest BCUT2D eigenvalue weighted by Crippen LogP contribution is -2.36. The third-order valence-corrected chi connectivity index (χ3v) is 6.03. The number of urea groups is 1. The quantitative estimate of drug-likeness (QED) is 0.547. The molecule has 32 heavy (non-hydrogen) atoms. The zero-order valence-electron chi connectivity index (χ0n) is 17.2. The number of rotatable bonds is 8. The molecule has 1 atom stereocenters. The van der Waals surface area contributed by atoms with E-state index in [1.165, 1.54) is 6.07 Å². The van der Waals surface area contributed by atoms with Gasteiger partial charge >= 0.3 is 6.03 Å². The van der Waals surface area contributed by atoms with E-state index < -0.39 is 23.9 Å². The molecule has 0 unspecified atom stereocenters. The van der Waals surface area contributed by atoms with Crippen molar-refractivity contribution in [3.63, 3.8) is 0 Å². The minimum atomic E-state index is -0.840. The Hall–Kier alpha value is -2.99. The zero-order valence-corrected chi connectivity index (χ0v) is 18.0. The molecule has 0 bridgehead atoms. The SMILES string of the molecule is NC(=O)c1c(OCc2cc3c(cc2F)CCO3)nsc1NC(=O)NCCN1CC[C@@H](F)C1. The van der Waals surface area contributed by atoms with Gasteiger partial charge in [-0.3, -0.25) is 15.0 Å². The Kier molecular flexibility index (Phi) is 6.70. The summed E-state index contributed by atoms with van der Waals surface area (Å²) in [6.45, 7) is 2.16. The summed E-state index contributed by atoms with van der Waals surface area (Å²) < 4.78 is 42.5. The number of primary amides is 1.